The van der Waals surface area contributed by atoms with Crippen molar-refractivity contribution < 1.29 is 4.74 Å². The van der Waals surface area contributed by atoms with Crippen molar-refractivity contribution in [2.75, 3.05) is 48.8 Å². The van der Waals surface area contributed by atoms with Gasteiger partial charge in [0.25, 0.3) is 0 Å². The number of ether oxygens (including phenoxy) is 1. The van der Waals surface area contributed by atoms with E-state index >= 15 is 0 Å². The summed E-state index contributed by atoms with van der Waals surface area (Å²) in [6.07, 6.45) is 2.07. The lowest BCUT2D eigenvalue weighted by Gasteiger charge is -2.29. The van der Waals surface area contributed by atoms with Crippen LogP contribution < -0.4 is 21.6 Å². The van der Waals surface area contributed by atoms with E-state index in [0.29, 0.717) is 17.1 Å². The summed E-state index contributed by atoms with van der Waals surface area (Å²) in [6, 6.07) is 8.11. The third kappa shape index (κ3) is 3.97. The number of nitrogens with zero attached hydrogens (tertiary/aromatic N) is 4. The molecule has 1 aromatic carbocycles. The fourth-order valence-corrected chi connectivity index (χ4v) is 3.77. The molecule has 1 aliphatic rings. The number of imidazole rings is 1. The molecule has 0 spiro atoms. The molecule has 1 unspecified atom stereocenters. The molecule has 0 radical (unpaired) electrons. The summed E-state index contributed by atoms with van der Waals surface area (Å²) in [5, 5.41) is 3.19. The predicted octanol–water partition coefficient (Wildman–Crippen LogP) is 2.36. The average molecular weight is 412 g/mol. The fourth-order valence-electron chi connectivity index (χ4n) is 3.77. The number of hydrogen-bond acceptors (Lipinski definition) is 7. The van der Waals surface area contributed by atoms with Gasteiger partial charge >= 0.3 is 5.69 Å². The van der Waals surface area contributed by atoms with Gasteiger partial charge in [0, 0.05) is 25.3 Å². The molecule has 0 aliphatic carbocycles. The van der Waals surface area contributed by atoms with Crippen molar-refractivity contribution in [2.45, 2.75) is 32.7 Å². The van der Waals surface area contributed by atoms with Crippen molar-refractivity contribution in [1.82, 2.24) is 19.5 Å². The SMILES string of the molecule is CCCCNc1nc(N)c2[nH]c(=O)n(C(C)c3ccc(N4CCOCC4)cc3)c2n1. The van der Waals surface area contributed by atoms with Gasteiger partial charge in [-0.25, -0.2) is 4.79 Å². The van der Waals surface area contributed by atoms with Crippen LogP contribution in [0.15, 0.2) is 29.1 Å². The molecule has 2 aromatic heterocycles. The molecule has 9 heteroatoms. The van der Waals surface area contributed by atoms with Crippen LogP contribution in [0.5, 0.6) is 0 Å². The van der Waals surface area contributed by atoms with Gasteiger partial charge in [-0.1, -0.05) is 25.5 Å². The third-order valence-electron chi connectivity index (χ3n) is 5.55. The lowest BCUT2D eigenvalue weighted by Crippen LogP contribution is -2.36. The number of fused-ring (bicyclic) bond motifs is 1. The van der Waals surface area contributed by atoms with Crippen LogP contribution in [0.25, 0.3) is 11.2 Å². The number of nitrogens with two attached hydrogens (primary N) is 1. The van der Waals surface area contributed by atoms with Crippen molar-refractivity contribution in [3.63, 3.8) is 0 Å². The molecule has 3 heterocycles. The molecule has 9 nitrogen and oxygen atoms in total. The maximum atomic E-state index is 12.7. The van der Waals surface area contributed by atoms with Gasteiger partial charge in [-0.05, 0) is 31.0 Å². The zero-order chi connectivity index (χ0) is 21.1. The molecule has 30 heavy (non-hydrogen) atoms. The van der Waals surface area contributed by atoms with Gasteiger partial charge in [0.1, 0.15) is 5.52 Å². The van der Waals surface area contributed by atoms with Gasteiger partial charge in [-0.3, -0.25) is 4.57 Å². The molecule has 4 rings (SSSR count). The molecular formula is C21H29N7O2. The summed E-state index contributed by atoms with van der Waals surface area (Å²) in [6.45, 7) is 8.14. The number of morpholine rings is 1. The van der Waals surface area contributed by atoms with E-state index in [1.54, 1.807) is 4.57 Å². The zero-order valence-electron chi connectivity index (χ0n) is 17.5. The first-order chi connectivity index (χ1) is 14.6. The van der Waals surface area contributed by atoms with Gasteiger partial charge in [-0.2, -0.15) is 9.97 Å². The van der Waals surface area contributed by atoms with E-state index < -0.39 is 0 Å². The minimum Gasteiger partial charge on any atom is -0.382 e. The van der Waals surface area contributed by atoms with Crippen LogP contribution in [0.4, 0.5) is 17.5 Å². The van der Waals surface area contributed by atoms with Crippen molar-refractivity contribution in [2.24, 2.45) is 0 Å². The van der Waals surface area contributed by atoms with Gasteiger partial charge in [0.15, 0.2) is 11.5 Å². The maximum Gasteiger partial charge on any atom is 0.328 e. The Balaban J connectivity index is 1.64. The lowest BCUT2D eigenvalue weighted by molar-refractivity contribution is 0.122. The Morgan fingerprint density at radius 3 is 2.67 bits per heavy atom. The van der Waals surface area contributed by atoms with E-state index in [4.69, 9.17) is 10.5 Å². The Morgan fingerprint density at radius 2 is 1.97 bits per heavy atom. The third-order valence-corrected chi connectivity index (χ3v) is 5.55. The first-order valence-electron chi connectivity index (χ1n) is 10.5. The molecule has 4 N–H and O–H groups in total. The first kappa shape index (κ1) is 20.2. The van der Waals surface area contributed by atoms with Crippen LogP contribution in [-0.4, -0.2) is 52.4 Å². The monoisotopic (exact) mass is 411 g/mol. The second kappa shape index (κ2) is 8.74. The molecule has 0 saturated carbocycles. The number of benzene rings is 1. The Bertz CT molecular complexity index is 1050. The van der Waals surface area contributed by atoms with Gasteiger partial charge < -0.3 is 25.7 Å². The molecule has 1 saturated heterocycles. The summed E-state index contributed by atoms with van der Waals surface area (Å²) >= 11 is 0. The van der Waals surface area contributed by atoms with Crippen LogP contribution in [0, 0.1) is 0 Å². The first-order valence-corrected chi connectivity index (χ1v) is 10.5. The Labute approximate surface area is 175 Å². The van der Waals surface area contributed by atoms with Crippen molar-refractivity contribution in [3.8, 4) is 0 Å². The summed E-state index contributed by atoms with van der Waals surface area (Å²) < 4.78 is 7.07. The van der Waals surface area contributed by atoms with Crippen LogP contribution in [0.1, 0.15) is 38.3 Å². The average Bonchev–Trinajstić information content (AvgIpc) is 3.10. The number of unbranched alkanes of at least 4 members (excludes halogenated alkanes) is 1. The van der Waals surface area contributed by atoms with Crippen LogP contribution in [0.2, 0.25) is 0 Å². The molecule has 3 aromatic rings. The Morgan fingerprint density at radius 1 is 1.23 bits per heavy atom. The number of anilines is 3. The number of nitrogens with one attached hydrogen (secondary N) is 2. The number of H-pyrrole nitrogens is 1. The van der Waals surface area contributed by atoms with Gasteiger partial charge in [0.05, 0.1) is 19.3 Å². The topological polar surface area (TPSA) is 114 Å². The van der Waals surface area contributed by atoms with E-state index in [9.17, 15) is 4.79 Å². The molecule has 1 aliphatic heterocycles. The van der Waals surface area contributed by atoms with E-state index in [2.05, 4.69) is 56.4 Å². The maximum absolute atomic E-state index is 12.7. The van der Waals surface area contributed by atoms with Crippen molar-refractivity contribution in [3.05, 3.63) is 40.3 Å². The Hall–Kier alpha value is -3.07. The summed E-state index contributed by atoms with van der Waals surface area (Å²) in [4.78, 5) is 26.7. The highest BCUT2D eigenvalue weighted by Crippen LogP contribution is 2.25. The summed E-state index contributed by atoms with van der Waals surface area (Å²) in [7, 11) is 0. The zero-order valence-corrected chi connectivity index (χ0v) is 17.5. The van der Waals surface area contributed by atoms with Gasteiger partial charge in [0.2, 0.25) is 5.95 Å². The lowest BCUT2D eigenvalue weighted by atomic mass is 10.1. The highest BCUT2D eigenvalue weighted by Gasteiger charge is 2.20. The Kier molecular flexibility index (Phi) is 5.89. The molecule has 0 amide bonds. The van der Waals surface area contributed by atoms with Crippen molar-refractivity contribution >= 4 is 28.6 Å². The molecule has 1 atom stereocenters. The van der Waals surface area contributed by atoms with Crippen LogP contribution in [0.3, 0.4) is 0 Å². The fraction of sp³-hybridized carbons (Fsp3) is 0.476. The second-order valence-corrected chi connectivity index (χ2v) is 7.58. The van der Waals surface area contributed by atoms with E-state index in [1.807, 2.05) is 6.92 Å². The molecule has 0 bridgehead atoms. The molecular weight excluding hydrogens is 382 g/mol. The van der Waals surface area contributed by atoms with Crippen LogP contribution in [-0.2, 0) is 4.74 Å². The second-order valence-electron chi connectivity index (χ2n) is 7.58. The highest BCUT2D eigenvalue weighted by molar-refractivity contribution is 5.83. The van der Waals surface area contributed by atoms with E-state index in [0.717, 1.165) is 56.9 Å². The standard InChI is InChI=1S/C21H29N7O2/c1-3-4-9-23-20-25-18(22)17-19(26-20)28(21(29)24-17)14(2)15-5-7-16(8-6-15)27-10-12-30-13-11-27/h5-8,14H,3-4,9-13H2,1-2H3,(H,24,29)(H3,22,23,25,26). The molecule has 160 valence electrons. The largest absolute Gasteiger partial charge is 0.382 e. The number of rotatable bonds is 7. The number of aromatic amines is 1. The molecule has 1 fully saturated rings. The minimum atomic E-state index is -0.249. The quantitative estimate of drug-likeness (QED) is 0.511. The van der Waals surface area contributed by atoms with E-state index in [-0.39, 0.29) is 17.5 Å². The van der Waals surface area contributed by atoms with Crippen molar-refractivity contribution in [1.29, 1.82) is 0 Å². The summed E-state index contributed by atoms with van der Waals surface area (Å²) in [5.74, 6) is 0.709. The number of aromatic nitrogens is 4. The normalized spacial score (nSPS) is 15.5. The highest BCUT2D eigenvalue weighted by atomic mass is 16.5. The predicted molar refractivity (Wildman–Crippen MR) is 119 cm³/mol. The number of hydrogen-bond donors (Lipinski definition) is 3. The smallest absolute Gasteiger partial charge is 0.328 e. The minimum absolute atomic E-state index is 0.206. The number of nitrogen functional groups attached to an aromatic ring is 1. The van der Waals surface area contributed by atoms with E-state index in [1.165, 1.54) is 0 Å². The van der Waals surface area contributed by atoms with Gasteiger partial charge in [-0.15, -0.1) is 0 Å². The summed E-state index contributed by atoms with van der Waals surface area (Å²) in [5.41, 5.74) is 9.01. The van der Waals surface area contributed by atoms with Crippen LogP contribution >= 0.6 is 0 Å².